The number of thiazole rings is 1. The molecule has 1 atom stereocenters. The van der Waals surface area contributed by atoms with Crippen LogP contribution in [0, 0.1) is 0 Å². The number of hydrogen-bond donors (Lipinski definition) is 1. The van der Waals surface area contributed by atoms with Gasteiger partial charge in [0, 0.05) is 5.56 Å². The number of carbonyl (C=O) groups is 2. The quantitative estimate of drug-likeness (QED) is 0.277. The number of carboxylic acids is 1. The van der Waals surface area contributed by atoms with Crippen molar-refractivity contribution in [3.05, 3.63) is 103 Å². The predicted molar refractivity (Wildman–Crippen MR) is 160 cm³/mol. The zero-order valence-corrected chi connectivity index (χ0v) is 24.3. The number of benzene rings is 3. The van der Waals surface area contributed by atoms with Crippen molar-refractivity contribution in [2.24, 2.45) is 4.99 Å². The van der Waals surface area contributed by atoms with E-state index in [0.717, 1.165) is 17.2 Å². The van der Waals surface area contributed by atoms with Crippen molar-refractivity contribution < 1.29 is 28.9 Å². The highest BCUT2D eigenvalue weighted by atomic mass is 32.1. The zero-order chi connectivity index (χ0) is 29.8. The van der Waals surface area contributed by atoms with E-state index in [0.29, 0.717) is 49.7 Å². The number of fused-ring (bicyclic) bond motifs is 2. The normalized spacial score (nSPS) is 14.8. The summed E-state index contributed by atoms with van der Waals surface area (Å²) in [6, 6.07) is 17.6. The van der Waals surface area contributed by atoms with Gasteiger partial charge >= 0.3 is 11.9 Å². The van der Waals surface area contributed by atoms with Crippen LogP contribution in [-0.4, -0.2) is 41.9 Å². The van der Waals surface area contributed by atoms with E-state index in [1.807, 2.05) is 43.3 Å². The van der Waals surface area contributed by atoms with Crippen LogP contribution in [0.15, 0.2) is 81.7 Å². The Morgan fingerprint density at radius 1 is 1.10 bits per heavy atom. The van der Waals surface area contributed by atoms with Crippen molar-refractivity contribution in [1.82, 2.24) is 4.57 Å². The summed E-state index contributed by atoms with van der Waals surface area (Å²) in [5.41, 5.74) is 1.90. The molecule has 0 radical (unpaired) electrons. The van der Waals surface area contributed by atoms with Crippen molar-refractivity contribution in [1.29, 1.82) is 0 Å². The van der Waals surface area contributed by atoms with Gasteiger partial charge in [0.15, 0.2) is 11.4 Å². The van der Waals surface area contributed by atoms with E-state index in [1.165, 1.54) is 11.3 Å². The topological polar surface area (TPSA) is 116 Å². The molecule has 2 heterocycles. The molecule has 3 aromatic carbocycles. The van der Waals surface area contributed by atoms with Crippen LogP contribution in [-0.2, 0) is 14.3 Å². The fourth-order valence-corrected chi connectivity index (χ4v) is 6.14. The molecule has 9 nitrogen and oxygen atoms in total. The van der Waals surface area contributed by atoms with E-state index in [9.17, 15) is 14.4 Å². The van der Waals surface area contributed by atoms with Crippen molar-refractivity contribution in [2.75, 3.05) is 20.3 Å². The number of carbonyl (C=O) groups excluding carboxylic acids is 1. The summed E-state index contributed by atoms with van der Waals surface area (Å²) in [6.07, 6.45) is 2.97. The lowest BCUT2D eigenvalue weighted by Crippen LogP contribution is -2.40. The lowest BCUT2D eigenvalue weighted by atomic mass is 9.90. The molecular formula is C32H30N2O7S. The van der Waals surface area contributed by atoms with E-state index in [1.54, 1.807) is 48.9 Å². The maximum atomic E-state index is 14.2. The SMILES string of the molecule is CCCC1=C(C(=O)OCC)[C@@H](c2c(OC)ccc3ccccc23)n2c(s/c(=C\c3cccc(OCC(=O)O)c3)c2=O)=N1. The first-order valence-electron chi connectivity index (χ1n) is 13.6. The molecule has 0 aliphatic carbocycles. The largest absolute Gasteiger partial charge is 0.496 e. The monoisotopic (exact) mass is 586 g/mol. The van der Waals surface area contributed by atoms with Gasteiger partial charge in [0.2, 0.25) is 0 Å². The van der Waals surface area contributed by atoms with Gasteiger partial charge in [0.05, 0.1) is 29.5 Å². The highest BCUT2D eigenvalue weighted by Crippen LogP contribution is 2.41. The van der Waals surface area contributed by atoms with Gasteiger partial charge in [-0.25, -0.2) is 14.6 Å². The van der Waals surface area contributed by atoms with Crippen molar-refractivity contribution >= 4 is 40.1 Å². The number of hydrogen-bond acceptors (Lipinski definition) is 8. The Hall–Kier alpha value is -4.70. The molecule has 0 unspecified atom stereocenters. The van der Waals surface area contributed by atoms with Gasteiger partial charge in [0.1, 0.15) is 17.5 Å². The fourth-order valence-electron chi connectivity index (χ4n) is 5.12. The van der Waals surface area contributed by atoms with Crippen LogP contribution in [0.1, 0.15) is 43.9 Å². The molecule has 1 N–H and O–H groups in total. The van der Waals surface area contributed by atoms with Crippen LogP contribution in [0.5, 0.6) is 11.5 Å². The Balaban J connectivity index is 1.79. The average molecular weight is 587 g/mol. The third-order valence-corrected chi connectivity index (χ3v) is 7.82. The second kappa shape index (κ2) is 12.4. The molecule has 5 rings (SSSR count). The van der Waals surface area contributed by atoms with Gasteiger partial charge in [-0.1, -0.05) is 67.1 Å². The molecule has 0 saturated carbocycles. The Kier molecular flexibility index (Phi) is 8.53. The summed E-state index contributed by atoms with van der Waals surface area (Å²) < 4.78 is 18.6. The molecule has 216 valence electrons. The molecule has 0 fully saturated rings. The summed E-state index contributed by atoms with van der Waals surface area (Å²) in [6.45, 7) is 3.45. The molecule has 0 bridgehead atoms. The number of carboxylic acid groups (broad SMARTS) is 1. The molecule has 0 spiro atoms. The number of aliphatic carboxylic acids is 1. The number of ether oxygens (including phenoxy) is 3. The van der Waals surface area contributed by atoms with Crippen molar-refractivity contribution in [2.45, 2.75) is 32.7 Å². The van der Waals surface area contributed by atoms with Crippen LogP contribution >= 0.6 is 11.3 Å². The van der Waals surface area contributed by atoms with Gasteiger partial charge in [-0.15, -0.1) is 0 Å². The van der Waals surface area contributed by atoms with E-state index in [-0.39, 0.29) is 12.2 Å². The Morgan fingerprint density at radius 2 is 1.90 bits per heavy atom. The third-order valence-electron chi connectivity index (χ3n) is 6.83. The maximum absolute atomic E-state index is 14.2. The van der Waals surface area contributed by atoms with E-state index >= 15 is 0 Å². The van der Waals surface area contributed by atoms with E-state index < -0.39 is 24.6 Å². The minimum atomic E-state index is -1.09. The molecular weight excluding hydrogens is 556 g/mol. The molecule has 10 heteroatoms. The number of aromatic nitrogens is 1. The number of esters is 1. The van der Waals surface area contributed by atoms with E-state index in [4.69, 9.17) is 24.3 Å². The molecule has 0 saturated heterocycles. The fraction of sp³-hybridized carbons (Fsp3) is 0.250. The number of nitrogens with zero attached hydrogens (tertiary/aromatic N) is 2. The molecule has 0 amide bonds. The Morgan fingerprint density at radius 3 is 2.64 bits per heavy atom. The Bertz CT molecular complexity index is 1890. The zero-order valence-electron chi connectivity index (χ0n) is 23.5. The second-order valence-electron chi connectivity index (χ2n) is 9.57. The minimum Gasteiger partial charge on any atom is -0.496 e. The van der Waals surface area contributed by atoms with Gasteiger partial charge in [-0.05, 0) is 54.0 Å². The van der Waals surface area contributed by atoms with Gasteiger partial charge in [-0.2, -0.15) is 0 Å². The van der Waals surface area contributed by atoms with Gasteiger partial charge in [-0.3, -0.25) is 9.36 Å². The van der Waals surface area contributed by atoms with Crippen molar-refractivity contribution in [3.63, 3.8) is 0 Å². The third kappa shape index (κ3) is 5.58. The summed E-state index contributed by atoms with van der Waals surface area (Å²) in [4.78, 5) is 44.0. The lowest BCUT2D eigenvalue weighted by Gasteiger charge is -2.28. The summed E-state index contributed by atoms with van der Waals surface area (Å²) in [7, 11) is 1.57. The first kappa shape index (κ1) is 28.8. The highest BCUT2D eigenvalue weighted by Gasteiger charge is 2.37. The Labute approximate surface area is 245 Å². The van der Waals surface area contributed by atoms with Gasteiger partial charge in [0.25, 0.3) is 5.56 Å². The lowest BCUT2D eigenvalue weighted by molar-refractivity contribution is -0.140. The number of methoxy groups -OCH3 is 1. The van der Waals surface area contributed by atoms with Gasteiger partial charge < -0.3 is 19.3 Å². The molecule has 42 heavy (non-hydrogen) atoms. The van der Waals surface area contributed by atoms with Crippen LogP contribution in [0.25, 0.3) is 16.8 Å². The van der Waals surface area contributed by atoms with Crippen LogP contribution in [0.4, 0.5) is 0 Å². The molecule has 1 aromatic heterocycles. The predicted octanol–water partition coefficient (Wildman–Crippen LogP) is 4.20. The summed E-state index contributed by atoms with van der Waals surface area (Å²) >= 11 is 1.22. The molecule has 4 aromatic rings. The maximum Gasteiger partial charge on any atom is 0.341 e. The summed E-state index contributed by atoms with van der Waals surface area (Å²) in [5.74, 6) is -0.705. The second-order valence-corrected chi connectivity index (χ2v) is 10.6. The van der Waals surface area contributed by atoms with Crippen LogP contribution in [0.3, 0.4) is 0 Å². The molecule has 1 aliphatic rings. The minimum absolute atomic E-state index is 0.172. The first-order valence-corrected chi connectivity index (χ1v) is 14.4. The first-order chi connectivity index (χ1) is 20.4. The average Bonchev–Trinajstić information content (AvgIpc) is 3.29. The van der Waals surface area contributed by atoms with Crippen molar-refractivity contribution in [3.8, 4) is 11.5 Å². The standard InChI is InChI=1S/C32H30N2O7S/c1-4-9-23-28(31(38)40-5-2)29(27-22-13-7-6-11-20(22)14-15-24(27)39-3)34-30(37)25(42-32(34)33-23)17-19-10-8-12-21(16-19)41-18-26(35)36/h6-8,10-17,29H,4-5,9,18H2,1-3H3,(H,35,36)/b25-17-/t29-/m1/s1. The smallest absolute Gasteiger partial charge is 0.341 e. The summed E-state index contributed by atoms with van der Waals surface area (Å²) in [5, 5.41) is 10.7. The van der Waals surface area contributed by atoms with Crippen LogP contribution in [0.2, 0.25) is 0 Å². The van der Waals surface area contributed by atoms with Crippen LogP contribution < -0.4 is 24.4 Å². The highest BCUT2D eigenvalue weighted by molar-refractivity contribution is 7.07. The number of rotatable bonds is 10. The van der Waals surface area contributed by atoms with E-state index in [2.05, 4.69) is 0 Å². The number of allylic oxidation sites excluding steroid dienone is 1. The molecule has 1 aliphatic heterocycles.